The SMILES string of the molecule is C=NCc1cnn2c(-c3cc(NC(C)C)c(-c4nnc(N5CCN(C6CCN(C[C@H]7CCN(c8ccc9c(c8)C(=O)N(C8CCC(=O)NC8=O)C9=O)C7)CC6)CC5)s4)cn3)ccc2c1. The number of nitrogens with one attached hydrogen (secondary N) is 2. The van der Waals surface area contributed by atoms with Crippen molar-refractivity contribution >= 4 is 63.7 Å². The summed E-state index contributed by atoms with van der Waals surface area (Å²) in [5.74, 6) is -1.40. The van der Waals surface area contributed by atoms with Crippen LogP contribution in [0.2, 0.25) is 0 Å². The van der Waals surface area contributed by atoms with E-state index in [2.05, 4.69) is 83.2 Å². The monoisotopic (exact) mass is 883 g/mol. The van der Waals surface area contributed by atoms with Crippen molar-refractivity contribution in [2.75, 3.05) is 74.0 Å². The summed E-state index contributed by atoms with van der Waals surface area (Å²) in [6, 6.07) is 13.5. The van der Waals surface area contributed by atoms with E-state index in [-0.39, 0.29) is 24.8 Å². The van der Waals surface area contributed by atoms with E-state index in [1.54, 1.807) is 23.5 Å². The molecule has 64 heavy (non-hydrogen) atoms. The van der Waals surface area contributed by atoms with Gasteiger partial charge >= 0.3 is 0 Å². The summed E-state index contributed by atoms with van der Waals surface area (Å²) < 4.78 is 1.91. The Hall–Kier alpha value is -6.11. The molecule has 2 atom stereocenters. The average molecular weight is 884 g/mol. The van der Waals surface area contributed by atoms with Crippen molar-refractivity contribution in [3.05, 3.63) is 71.5 Å². The van der Waals surface area contributed by atoms with Gasteiger partial charge in [-0.3, -0.25) is 44.3 Å². The minimum Gasteiger partial charge on any atom is -0.382 e. The summed E-state index contributed by atoms with van der Waals surface area (Å²) >= 11 is 1.62. The number of piperazine rings is 1. The Balaban J connectivity index is 0.707. The fraction of sp³-hybridized carbons (Fsp3) is 0.457. The van der Waals surface area contributed by atoms with Gasteiger partial charge in [-0.05, 0) is 113 Å². The van der Waals surface area contributed by atoms with Crippen LogP contribution in [0.1, 0.15) is 72.2 Å². The van der Waals surface area contributed by atoms with Crippen LogP contribution in [0.15, 0.2) is 59.9 Å². The minimum atomic E-state index is -0.962. The summed E-state index contributed by atoms with van der Waals surface area (Å²) in [5.41, 5.74) is 7.18. The van der Waals surface area contributed by atoms with Gasteiger partial charge in [-0.2, -0.15) is 5.10 Å². The summed E-state index contributed by atoms with van der Waals surface area (Å²) in [6.07, 6.45) is 7.35. The number of aliphatic imine (C=N–C) groups is 1. The zero-order chi connectivity index (χ0) is 44.1. The number of pyridine rings is 1. The molecule has 0 radical (unpaired) electrons. The van der Waals surface area contributed by atoms with Gasteiger partial charge in [-0.25, -0.2) is 4.52 Å². The Morgan fingerprint density at radius 2 is 1.67 bits per heavy atom. The van der Waals surface area contributed by atoms with Gasteiger partial charge < -0.3 is 20.0 Å². The molecule has 4 aromatic heterocycles. The number of fused-ring (bicyclic) bond motifs is 2. The maximum Gasteiger partial charge on any atom is 0.262 e. The standard InChI is InChI=1S/C46H53N13O4S/c1-28(2)50-37-22-38(39-7-5-33-20-30(23-47-3)24-49-59(33)39)48-25-36(37)43-52-53-46(64-43)56-18-16-55(17-19-56)31-11-13-54(14-12-31)26-29-10-15-57(27-29)32-4-6-34-35(21-32)45(63)58(44(34)62)40-8-9-41(60)51-42(40)61/h4-7,20-22,24-25,28-29,31,40H,3,8-19,23,26-27H2,1-2H3,(H,48,50)(H,51,60,61)/t29-,40?/m1/s1. The highest BCUT2D eigenvalue weighted by atomic mass is 32.1. The van der Waals surface area contributed by atoms with Crippen LogP contribution in [0, 0.1) is 5.92 Å². The van der Waals surface area contributed by atoms with E-state index in [4.69, 9.17) is 4.98 Å². The molecule has 4 amide bonds. The molecule has 5 aromatic rings. The topological polar surface area (TPSA) is 177 Å². The molecule has 0 aliphatic carbocycles. The number of carbonyl (C=O) groups is 4. The third kappa shape index (κ3) is 8.13. The van der Waals surface area contributed by atoms with Crippen molar-refractivity contribution in [1.82, 2.24) is 44.8 Å². The van der Waals surface area contributed by atoms with Crippen LogP contribution in [0.5, 0.6) is 0 Å². The van der Waals surface area contributed by atoms with Crippen molar-refractivity contribution in [1.29, 1.82) is 0 Å². The summed E-state index contributed by atoms with van der Waals surface area (Å²) in [4.78, 5) is 70.6. The third-order valence-corrected chi connectivity index (χ3v) is 14.4. The molecule has 18 heteroatoms. The molecule has 2 N–H and O–H groups in total. The van der Waals surface area contributed by atoms with Gasteiger partial charge in [0.1, 0.15) is 6.04 Å². The number of nitrogens with zero attached hydrogens (tertiary/aromatic N) is 11. The fourth-order valence-electron chi connectivity index (χ4n) is 10.1. The molecule has 4 saturated heterocycles. The summed E-state index contributed by atoms with van der Waals surface area (Å²) in [6.45, 7) is 17.2. The number of hydrogen-bond acceptors (Lipinski definition) is 15. The predicted molar refractivity (Wildman–Crippen MR) is 246 cm³/mol. The first-order valence-electron chi connectivity index (χ1n) is 22.4. The van der Waals surface area contributed by atoms with E-state index < -0.39 is 23.8 Å². The molecule has 1 aromatic carbocycles. The Morgan fingerprint density at radius 3 is 2.45 bits per heavy atom. The third-order valence-electron chi connectivity index (χ3n) is 13.4. The number of benzene rings is 1. The number of aromatic nitrogens is 5. The first-order valence-corrected chi connectivity index (χ1v) is 23.2. The van der Waals surface area contributed by atoms with Crippen molar-refractivity contribution in [2.24, 2.45) is 10.9 Å². The van der Waals surface area contributed by atoms with E-state index in [1.807, 2.05) is 35.1 Å². The second-order valence-electron chi connectivity index (χ2n) is 17.9. The Kier molecular flexibility index (Phi) is 11.4. The molecule has 17 nitrogen and oxygen atoms in total. The Bertz CT molecular complexity index is 2630. The quantitative estimate of drug-likeness (QED) is 0.133. The number of likely N-dealkylation sites (tertiary alicyclic amines) is 1. The molecular formula is C46H53N13O4S. The molecular weight excluding hydrogens is 831 g/mol. The van der Waals surface area contributed by atoms with Crippen molar-refractivity contribution in [3.8, 4) is 22.0 Å². The molecule has 5 aliphatic heterocycles. The molecule has 5 aliphatic rings. The number of anilines is 3. The molecule has 10 rings (SSSR count). The summed E-state index contributed by atoms with van der Waals surface area (Å²) in [5, 5.41) is 21.7. The van der Waals surface area contributed by atoms with Crippen molar-refractivity contribution in [3.63, 3.8) is 0 Å². The normalized spacial score (nSPS) is 21.4. The van der Waals surface area contributed by atoms with Gasteiger partial charge in [0.05, 0.1) is 46.3 Å². The van der Waals surface area contributed by atoms with Gasteiger partial charge in [0.15, 0.2) is 5.01 Å². The van der Waals surface area contributed by atoms with Gasteiger partial charge in [0, 0.05) is 81.9 Å². The first kappa shape index (κ1) is 41.9. The highest BCUT2D eigenvalue weighted by Crippen LogP contribution is 2.37. The minimum absolute atomic E-state index is 0.102. The van der Waals surface area contributed by atoms with Gasteiger partial charge in [0.2, 0.25) is 16.9 Å². The van der Waals surface area contributed by atoms with E-state index in [0.29, 0.717) is 29.6 Å². The molecule has 4 fully saturated rings. The highest BCUT2D eigenvalue weighted by Gasteiger charge is 2.45. The Labute approximate surface area is 375 Å². The molecule has 1 unspecified atom stereocenters. The zero-order valence-corrected chi connectivity index (χ0v) is 37.1. The maximum absolute atomic E-state index is 13.4. The highest BCUT2D eigenvalue weighted by molar-refractivity contribution is 7.18. The van der Waals surface area contributed by atoms with Crippen LogP contribution >= 0.6 is 11.3 Å². The van der Waals surface area contributed by atoms with Crippen LogP contribution in [0.25, 0.3) is 27.5 Å². The van der Waals surface area contributed by atoms with E-state index in [9.17, 15) is 19.2 Å². The number of carbonyl (C=O) groups excluding carboxylic acids is 4. The fourth-order valence-corrected chi connectivity index (χ4v) is 11.0. The molecule has 9 heterocycles. The van der Waals surface area contributed by atoms with Crippen LogP contribution in [-0.2, 0) is 16.1 Å². The van der Waals surface area contributed by atoms with Gasteiger partial charge in [-0.1, -0.05) is 11.3 Å². The van der Waals surface area contributed by atoms with Crippen LogP contribution in [-0.4, -0.2) is 147 Å². The Morgan fingerprint density at radius 1 is 0.859 bits per heavy atom. The molecule has 0 saturated carbocycles. The van der Waals surface area contributed by atoms with Crippen molar-refractivity contribution < 1.29 is 19.2 Å². The first-order chi connectivity index (χ1) is 31.1. The number of piperidine rings is 2. The lowest BCUT2D eigenvalue weighted by molar-refractivity contribution is -0.136. The number of amides is 4. The lowest BCUT2D eigenvalue weighted by Gasteiger charge is -2.43. The largest absolute Gasteiger partial charge is 0.382 e. The smallest absolute Gasteiger partial charge is 0.262 e. The molecule has 332 valence electrons. The maximum atomic E-state index is 13.4. The molecule has 0 spiro atoms. The van der Waals surface area contributed by atoms with E-state index in [1.165, 1.54) is 0 Å². The van der Waals surface area contributed by atoms with Crippen LogP contribution in [0.4, 0.5) is 16.5 Å². The van der Waals surface area contributed by atoms with E-state index in [0.717, 1.165) is 133 Å². The lowest BCUT2D eigenvalue weighted by atomic mass is 10.00. The average Bonchev–Trinajstić information content (AvgIpc) is 4.11. The van der Waals surface area contributed by atoms with Crippen molar-refractivity contribution in [2.45, 2.75) is 70.6 Å². The number of hydrogen-bond donors (Lipinski definition) is 2. The second kappa shape index (κ2) is 17.5. The zero-order valence-electron chi connectivity index (χ0n) is 36.3. The number of imide groups is 2. The summed E-state index contributed by atoms with van der Waals surface area (Å²) in [7, 11) is 0. The predicted octanol–water partition coefficient (Wildman–Crippen LogP) is 4.45. The van der Waals surface area contributed by atoms with E-state index >= 15 is 0 Å². The molecule has 0 bridgehead atoms. The number of rotatable bonds is 12. The van der Waals surface area contributed by atoms with Crippen LogP contribution in [0.3, 0.4) is 0 Å². The lowest BCUT2D eigenvalue weighted by Crippen LogP contribution is -2.54. The van der Waals surface area contributed by atoms with Crippen LogP contribution < -0.4 is 20.4 Å². The van der Waals surface area contributed by atoms with Gasteiger partial charge in [-0.15, -0.1) is 10.2 Å². The van der Waals surface area contributed by atoms with Gasteiger partial charge in [0.25, 0.3) is 11.8 Å². The second-order valence-corrected chi connectivity index (χ2v) is 18.9.